The summed E-state index contributed by atoms with van der Waals surface area (Å²) in [4.78, 5) is 14.2. The SMILES string of the molecule is Cc1nn(C)c(C)c1[C@H]1[C@H](NCCO[C@H]2CCCC[C@@H]2C)CC(=O)N1C. The van der Waals surface area contributed by atoms with Gasteiger partial charge < -0.3 is 15.0 Å². The van der Waals surface area contributed by atoms with Gasteiger partial charge in [-0.2, -0.15) is 5.10 Å². The molecule has 0 unspecified atom stereocenters. The first-order chi connectivity index (χ1) is 12.4. The van der Waals surface area contributed by atoms with E-state index in [0.29, 0.717) is 25.0 Å². The number of likely N-dealkylation sites (tertiary alicyclic amines) is 1. The van der Waals surface area contributed by atoms with Gasteiger partial charge in [-0.05, 0) is 32.6 Å². The van der Waals surface area contributed by atoms with Crippen LogP contribution in [0.15, 0.2) is 0 Å². The van der Waals surface area contributed by atoms with Crippen LogP contribution in [0.3, 0.4) is 0 Å². The highest BCUT2D eigenvalue weighted by Gasteiger charge is 2.40. The largest absolute Gasteiger partial charge is 0.377 e. The number of aromatic nitrogens is 2. The van der Waals surface area contributed by atoms with E-state index in [4.69, 9.17) is 4.74 Å². The van der Waals surface area contributed by atoms with E-state index in [-0.39, 0.29) is 18.0 Å². The fourth-order valence-corrected chi connectivity index (χ4v) is 4.65. The lowest BCUT2D eigenvalue weighted by molar-refractivity contribution is -0.127. The van der Waals surface area contributed by atoms with E-state index in [1.165, 1.54) is 31.2 Å². The van der Waals surface area contributed by atoms with Crippen molar-refractivity contribution in [1.29, 1.82) is 0 Å². The minimum Gasteiger partial charge on any atom is -0.377 e. The minimum atomic E-state index is 0.0461. The molecule has 1 aliphatic heterocycles. The Hall–Kier alpha value is -1.40. The predicted molar refractivity (Wildman–Crippen MR) is 102 cm³/mol. The molecular formula is C20H34N4O2. The molecule has 1 aromatic heterocycles. The molecule has 2 fully saturated rings. The number of nitrogens with zero attached hydrogens (tertiary/aromatic N) is 3. The molecule has 1 aliphatic carbocycles. The third kappa shape index (κ3) is 3.81. The van der Waals surface area contributed by atoms with Gasteiger partial charge in [-0.15, -0.1) is 0 Å². The van der Waals surface area contributed by atoms with E-state index >= 15 is 0 Å². The van der Waals surface area contributed by atoms with E-state index in [1.807, 2.05) is 30.6 Å². The van der Waals surface area contributed by atoms with Crippen LogP contribution in [-0.4, -0.2) is 52.9 Å². The van der Waals surface area contributed by atoms with E-state index in [9.17, 15) is 4.79 Å². The Labute approximate surface area is 157 Å². The van der Waals surface area contributed by atoms with E-state index < -0.39 is 0 Å². The van der Waals surface area contributed by atoms with Crippen LogP contribution in [0.5, 0.6) is 0 Å². The second-order valence-corrected chi connectivity index (χ2v) is 8.09. The zero-order valence-electron chi connectivity index (χ0n) is 16.9. The van der Waals surface area contributed by atoms with Gasteiger partial charge in [-0.1, -0.05) is 19.8 Å². The Kier molecular flexibility index (Phi) is 6.03. The second-order valence-electron chi connectivity index (χ2n) is 8.09. The summed E-state index contributed by atoms with van der Waals surface area (Å²) in [5, 5.41) is 8.13. The highest BCUT2D eigenvalue weighted by Crippen LogP contribution is 2.35. The molecule has 0 bridgehead atoms. The molecule has 1 saturated heterocycles. The summed E-state index contributed by atoms with van der Waals surface area (Å²) in [7, 11) is 3.87. The fraction of sp³-hybridized carbons (Fsp3) is 0.800. The van der Waals surface area contributed by atoms with Crippen molar-refractivity contribution in [2.45, 2.75) is 71.1 Å². The van der Waals surface area contributed by atoms with Crippen molar-refractivity contribution < 1.29 is 9.53 Å². The van der Waals surface area contributed by atoms with Crippen molar-refractivity contribution in [3.05, 3.63) is 17.0 Å². The fourth-order valence-electron chi connectivity index (χ4n) is 4.65. The lowest BCUT2D eigenvalue weighted by Crippen LogP contribution is -2.38. The van der Waals surface area contributed by atoms with Crippen molar-refractivity contribution in [2.75, 3.05) is 20.2 Å². The lowest BCUT2D eigenvalue weighted by atomic mass is 9.88. The molecule has 6 heteroatoms. The number of aryl methyl sites for hydroxylation is 2. The van der Waals surface area contributed by atoms with Gasteiger partial charge in [0.15, 0.2) is 0 Å². The van der Waals surface area contributed by atoms with Gasteiger partial charge in [0.25, 0.3) is 0 Å². The van der Waals surface area contributed by atoms with Gasteiger partial charge in [0, 0.05) is 44.4 Å². The quantitative estimate of drug-likeness (QED) is 0.790. The number of hydrogen-bond acceptors (Lipinski definition) is 4. The molecule has 3 rings (SSSR count). The first kappa shape index (κ1) is 19.4. The molecule has 0 spiro atoms. The number of hydrogen-bond donors (Lipinski definition) is 1. The third-order valence-electron chi connectivity index (χ3n) is 6.32. The number of ether oxygens (including phenoxy) is 1. The molecule has 4 atom stereocenters. The smallest absolute Gasteiger partial charge is 0.224 e. The van der Waals surface area contributed by atoms with Crippen LogP contribution in [0.2, 0.25) is 0 Å². The Bertz CT molecular complexity index is 642. The van der Waals surface area contributed by atoms with Crippen molar-refractivity contribution >= 4 is 5.91 Å². The topological polar surface area (TPSA) is 59.4 Å². The summed E-state index contributed by atoms with van der Waals surface area (Å²) in [6.07, 6.45) is 6.02. The molecule has 146 valence electrons. The van der Waals surface area contributed by atoms with Crippen LogP contribution in [-0.2, 0) is 16.6 Å². The molecule has 0 aromatic carbocycles. The summed E-state index contributed by atoms with van der Waals surface area (Å²) >= 11 is 0. The van der Waals surface area contributed by atoms with Crippen LogP contribution < -0.4 is 5.32 Å². The number of carbonyl (C=O) groups is 1. The van der Waals surface area contributed by atoms with E-state index in [2.05, 4.69) is 24.3 Å². The standard InChI is InChI=1S/C20H34N4O2/c1-13-8-6-7-9-17(13)26-11-10-21-16-12-18(25)23(4)20(16)19-14(2)22-24(5)15(19)3/h13,16-17,20-21H,6-12H2,1-5H3/t13-,16+,17-,20+/m0/s1. The Balaban J connectivity index is 1.60. The highest BCUT2D eigenvalue weighted by atomic mass is 16.5. The number of rotatable bonds is 6. The first-order valence-electron chi connectivity index (χ1n) is 10.0. The molecular weight excluding hydrogens is 328 g/mol. The van der Waals surface area contributed by atoms with Crippen LogP contribution in [0.4, 0.5) is 0 Å². The monoisotopic (exact) mass is 362 g/mol. The van der Waals surface area contributed by atoms with Gasteiger partial charge in [-0.3, -0.25) is 9.48 Å². The van der Waals surface area contributed by atoms with Gasteiger partial charge in [0.05, 0.1) is 24.4 Å². The maximum Gasteiger partial charge on any atom is 0.224 e. The van der Waals surface area contributed by atoms with Crippen LogP contribution >= 0.6 is 0 Å². The molecule has 1 aromatic rings. The van der Waals surface area contributed by atoms with Gasteiger partial charge in [0.1, 0.15) is 0 Å². The van der Waals surface area contributed by atoms with Gasteiger partial charge in [0.2, 0.25) is 5.91 Å². The van der Waals surface area contributed by atoms with E-state index in [1.54, 1.807) is 0 Å². The second kappa shape index (κ2) is 8.09. The van der Waals surface area contributed by atoms with Crippen molar-refractivity contribution in [3.8, 4) is 0 Å². The number of carbonyl (C=O) groups excluding carboxylic acids is 1. The van der Waals surface area contributed by atoms with Crippen LogP contribution in [0.25, 0.3) is 0 Å². The maximum atomic E-state index is 12.3. The summed E-state index contributed by atoms with van der Waals surface area (Å²) in [6, 6.07) is 0.159. The van der Waals surface area contributed by atoms with E-state index in [0.717, 1.165) is 17.9 Å². The third-order valence-corrected chi connectivity index (χ3v) is 6.32. The molecule has 1 saturated carbocycles. The van der Waals surface area contributed by atoms with Crippen LogP contribution in [0.1, 0.15) is 62.0 Å². The van der Waals surface area contributed by atoms with Crippen LogP contribution in [0, 0.1) is 19.8 Å². The normalized spacial score (nSPS) is 29.6. The molecule has 6 nitrogen and oxygen atoms in total. The highest BCUT2D eigenvalue weighted by molar-refractivity contribution is 5.80. The molecule has 2 aliphatic rings. The Morgan fingerprint density at radius 3 is 2.62 bits per heavy atom. The molecule has 0 radical (unpaired) electrons. The number of amides is 1. The summed E-state index contributed by atoms with van der Waals surface area (Å²) in [5.41, 5.74) is 3.32. The summed E-state index contributed by atoms with van der Waals surface area (Å²) < 4.78 is 8.03. The van der Waals surface area contributed by atoms with Gasteiger partial charge >= 0.3 is 0 Å². The summed E-state index contributed by atoms with van der Waals surface area (Å²) in [6.45, 7) is 7.90. The minimum absolute atomic E-state index is 0.0461. The maximum absolute atomic E-state index is 12.3. The molecule has 1 amide bonds. The predicted octanol–water partition coefficient (Wildman–Crippen LogP) is 2.49. The Morgan fingerprint density at radius 1 is 1.23 bits per heavy atom. The molecule has 26 heavy (non-hydrogen) atoms. The first-order valence-corrected chi connectivity index (χ1v) is 10.0. The average Bonchev–Trinajstić information content (AvgIpc) is 3.01. The van der Waals surface area contributed by atoms with Crippen molar-refractivity contribution in [2.24, 2.45) is 13.0 Å². The number of nitrogens with one attached hydrogen (secondary N) is 1. The zero-order valence-corrected chi connectivity index (χ0v) is 16.9. The molecule has 1 N–H and O–H groups in total. The lowest BCUT2D eigenvalue weighted by Gasteiger charge is -2.29. The van der Waals surface area contributed by atoms with Gasteiger partial charge in [-0.25, -0.2) is 0 Å². The van der Waals surface area contributed by atoms with Crippen molar-refractivity contribution in [3.63, 3.8) is 0 Å². The Morgan fingerprint density at radius 2 is 1.96 bits per heavy atom. The van der Waals surface area contributed by atoms with Crippen molar-refractivity contribution in [1.82, 2.24) is 20.0 Å². The average molecular weight is 363 g/mol. The molecule has 2 heterocycles. The summed E-state index contributed by atoms with van der Waals surface area (Å²) in [5.74, 6) is 0.855. The number of likely N-dealkylation sites (N-methyl/N-ethyl adjacent to an activating group) is 1. The zero-order chi connectivity index (χ0) is 18.8.